The highest BCUT2D eigenvalue weighted by Crippen LogP contribution is 2.31. The highest BCUT2D eigenvalue weighted by atomic mass is 16.5. The lowest BCUT2D eigenvalue weighted by atomic mass is 9.98. The van der Waals surface area contributed by atoms with Crippen molar-refractivity contribution in [2.45, 2.75) is 72.3 Å². The van der Waals surface area contributed by atoms with E-state index in [1.54, 1.807) is 6.07 Å². The van der Waals surface area contributed by atoms with E-state index in [1.165, 1.54) is 0 Å². The van der Waals surface area contributed by atoms with E-state index in [2.05, 4.69) is 31.4 Å². The second-order valence-electron chi connectivity index (χ2n) is 8.07. The SMILES string of the molecule is CCCOc1ccc(NC(=O)NC2CCN(C(=O)C(CC)CC)CC2)cc1OCCC. The van der Waals surface area contributed by atoms with E-state index >= 15 is 0 Å². The van der Waals surface area contributed by atoms with Crippen molar-refractivity contribution in [2.24, 2.45) is 5.92 Å². The summed E-state index contributed by atoms with van der Waals surface area (Å²) in [6, 6.07) is 5.28. The molecule has 1 aliphatic rings. The number of ether oxygens (including phenoxy) is 2. The molecule has 0 radical (unpaired) electrons. The topological polar surface area (TPSA) is 79.9 Å². The average Bonchev–Trinajstić information content (AvgIpc) is 2.78. The maximum Gasteiger partial charge on any atom is 0.319 e. The highest BCUT2D eigenvalue weighted by Gasteiger charge is 2.27. The molecule has 31 heavy (non-hydrogen) atoms. The van der Waals surface area contributed by atoms with Crippen LogP contribution in [0.5, 0.6) is 11.5 Å². The number of piperidine rings is 1. The molecule has 0 unspecified atom stereocenters. The first kappa shape index (κ1) is 24.8. The van der Waals surface area contributed by atoms with Crippen LogP contribution in [0, 0.1) is 5.92 Å². The van der Waals surface area contributed by atoms with Crippen LogP contribution in [0.1, 0.15) is 66.2 Å². The molecule has 1 aromatic carbocycles. The number of carbonyl (C=O) groups is 2. The Kier molecular flexibility index (Phi) is 10.5. The van der Waals surface area contributed by atoms with Gasteiger partial charge in [0.25, 0.3) is 0 Å². The minimum atomic E-state index is -0.242. The maximum atomic E-state index is 12.5. The lowest BCUT2D eigenvalue weighted by Crippen LogP contribution is -2.48. The van der Waals surface area contributed by atoms with Crippen LogP contribution in [-0.4, -0.2) is 49.2 Å². The van der Waals surface area contributed by atoms with E-state index in [0.717, 1.165) is 38.5 Å². The van der Waals surface area contributed by atoms with E-state index in [1.807, 2.05) is 24.0 Å². The molecule has 0 aromatic heterocycles. The predicted octanol–water partition coefficient (Wildman–Crippen LogP) is 4.81. The van der Waals surface area contributed by atoms with Crippen LogP contribution in [-0.2, 0) is 4.79 Å². The molecule has 174 valence electrons. The summed E-state index contributed by atoms with van der Waals surface area (Å²) in [5, 5.41) is 5.93. The molecule has 1 aliphatic heterocycles. The Hall–Kier alpha value is -2.44. The number of carbonyl (C=O) groups excluding carboxylic acids is 2. The van der Waals surface area contributed by atoms with Gasteiger partial charge in [0, 0.05) is 36.8 Å². The van der Waals surface area contributed by atoms with Crippen molar-refractivity contribution < 1.29 is 19.1 Å². The number of nitrogens with one attached hydrogen (secondary N) is 2. The number of nitrogens with zero attached hydrogens (tertiary/aromatic N) is 1. The Morgan fingerprint density at radius 1 is 1.00 bits per heavy atom. The van der Waals surface area contributed by atoms with Crippen LogP contribution in [0.25, 0.3) is 0 Å². The fourth-order valence-electron chi connectivity index (χ4n) is 3.73. The van der Waals surface area contributed by atoms with Gasteiger partial charge in [0.1, 0.15) is 0 Å². The first-order valence-corrected chi connectivity index (χ1v) is 11.8. The quantitative estimate of drug-likeness (QED) is 0.525. The second kappa shape index (κ2) is 13.1. The van der Waals surface area contributed by atoms with Gasteiger partial charge >= 0.3 is 6.03 Å². The summed E-state index contributed by atoms with van der Waals surface area (Å²) in [6.07, 6.45) is 5.10. The lowest BCUT2D eigenvalue weighted by Gasteiger charge is -2.34. The third kappa shape index (κ3) is 7.64. The normalized spacial score (nSPS) is 14.4. The number of amides is 3. The summed E-state index contributed by atoms with van der Waals surface area (Å²) in [6.45, 7) is 10.8. The second-order valence-corrected chi connectivity index (χ2v) is 8.07. The summed E-state index contributed by atoms with van der Waals surface area (Å²) in [4.78, 5) is 27.0. The molecule has 0 atom stereocenters. The van der Waals surface area contributed by atoms with Crippen LogP contribution in [0.2, 0.25) is 0 Å². The minimum absolute atomic E-state index is 0.0636. The van der Waals surface area contributed by atoms with Gasteiger partial charge in [-0.15, -0.1) is 0 Å². The number of hydrogen-bond donors (Lipinski definition) is 2. The van der Waals surface area contributed by atoms with Crippen LogP contribution in [0.4, 0.5) is 10.5 Å². The van der Waals surface area contributed by atoms with Gasteiger partial charge in [-0.1, -0.05) is 27.7 Å². The number of urea groups is 1. The molecule has 2 rings (SSSR count). The van der Waals surface area contributed by atoms with E-state index in [0.29, 0.717) is 43.5 Å². The lowest BCUT2D eigenvalue weighted by molar-refractivity contribution is -0.136. The molecular formula is C24H39N3O4. The molecule has 7 nitrogen and oxygen atoms in total. The van der Waals surface area contributed by atoms with Crippen molar-refractivity contribution in [3.63, 3.8) is 0 Å². The predicted molar refractivity (Wildman–Crippen MR) is 124 cm³/mol. The Balaban J connectivity index is 1.87. The van der Waals surface area contributed by atoms with Crippen molar-refractivity contribution in [1.29, 1.82) is 0 Å². The van der Waals surface area contributed by atoms with E-state index in [9.17, 15) is 9.59 Å². The zero-order valence-corrected chi connectivity index (χ0v) is 19.5. The summed E-state index contributed by atoms with van der Waals surface area (Å²) < 4.78 is 11.5. The summed E-state index contributed by atoms with van der Waals surface area (Å²) in [5.41, 5.74) is 0.661. The van der Waals surface area contributed by atoms with Crippen molar-refractivity contribution in [3.05, 3.63) is 18.2 Å². The van der Waals surface area contributed by atoms with E-state index in [-0.39, 0.29) is 23.9 Å². The van der Waals surface area contributed by atoms with Gasteiger partial charge in [0.2, 0.25) is 5.91 Å². The molecule has 7 heteroatoms. The monoisotopic (exact) mass is 433 g/mol. The van der Waals surface area contributed by atoms with Crippen LogP contribution in [0.15, 0.2) is 18.2 Å². The first-order chi connectivity index (χ1) is 15.0. The van der Waals surface area contributed by atoms with Gasteiger partial charge in [0.05, 0.1) is 13.2 Å². The van der Waals surface area contributed by atoms with Gasteiger partial charge < -0.3 is 25.0 Å². The standard InChI is InChI=1S/C24H39N3O4/c1-5-15-30-21-10-9-20(17-22(21)31-16-6-2)26-24(29)25-19-11-13-27(14-12-19)23(28)18(7-3)8-4/h9-10,17-19H,5-8,11-16H2,1-4H3,(H2,25,26,29). The van der Waals surface area contributed by atoms with Crippen LogP contribution >= 0.6 is 0 Å². The van der Waals surface area contributed by atoms with Crippen molar-refractivity contribution in [1.82, 2.24) is 10.2 Å². The molecule has 0 spiro atoms. The molecule has 1 saturated heterocycles. The molecule has 1 aromatic rings. The summed E-state index contributed by atoms with van der Waals surface area (Å²) in [5.74, 6) is 1.69. The Bertz CT molecular complexity index is 698. The molecular weight excluding hydrogens is 394 g/mol. The van der Waals surface area contributed by atoms with Gasteiger partial charge in [-0.05, 0) is 50.7 Å². The van der Waals surface area contributed by atoms with Gasteiger partial charge in [-0.2, -0.15) is 0 Å². The third-order valence-electron chi connectivity index (χ3n) is 5.60. The fourth-order valence-corrected chi connectivity index (χ4v) is 3.73. The largest absolute Gasteiger partial charge is 0.490 e. The Morgan fingerprint density at radius 3 is 2.19 bits per heavy atom. The van der Waals surface area contributed by atoms with Gasteiger partial charge in [0.15, 0.2) is 11.5 Å². The number of likely N-dealkylation sites (tertiary alicyclic amines) is 1. The smallest absolute Gasteiger partial charge is 0.319 e. The number of rotatable bonds is 11. The zero-order chi connectivity index (χ0) is 22.6. The van der Waals surface area contributed by atoms with Crippen molar-refractivity contribution in [2.75, 3.05) is 31.6 Å². The first-order valence-electron chi connectivity index (χ1n) is 11.8. The van der Waals surface area contributed by atoms with Crippen molar-refractivity contribution in [3.8, 4) is 11.5 Å². The fraction of sp³-hybridized carbons (Fsp3) is 0.667. The van der Waals surface area contributed by atoms with E-state index in [4.69, 9.17) is 9.47 Å². The molecule has 1 fully saturated rings. The van der Waals surface area contributed by atoms with Crippen LogP contribution in [0.3, 0.4) is 0 Å². The Morgan fingerprint density at radius 2 is 1.61 bits per heavy atom. The average molecular weight is 434 g/mol. The minimum Gasteiger partial charge on any atom is -0.490 e. The molecule has 0 bridgehead atoms. The number of anilines is 1. The molecule has 3 amide bonds. The summed E-state index contributed by atoms with van der Waals surface area (Å²) >= 11 is 0. The number of benzene rings is 1. The van der Waals surface area contributed by atoms with Gasteiger partial charge in [-0.25, -0.2) is 4.79 Å². The maximum absolute atomic E-state index is 12.5. The number of hydrogen-bond acceptors (Lipinski definition) is 4. The zero-order valence-electron chi connectivity index (χ0n) is 19.5. The highest BCUT2D eigenvalue weighted by molar-refractivity contribution is 5.90. The molecule has 2 N–H and O–H groups in total. The summed E-state index contributed by atoms with van der Waals surface area (Å²) in [7, 11) is 0. The third-order valence-corrected chi connectivity index (χ3v) is 5.60. The van der Waals surface area contributed by atoms with Gasteiger partial charge in [-0.3, -0.25) is 4.79 Å². The van der Waals surface area contributed by atoms with Crippen molar-refractivity contribution >= 4 is 17.6 Å². The van der Waals surface area contributed by atoms with E-state index < -0.39 is 0 Å². The van der Waals surface area contributed by atoms with Crippen LogP contribution < -0.4 is 20.1 Å². The molecule has 0 saturated carbocycles. The molecule has 1 heterocycles. The molecule has 0 aliphatic carbocycles. The Labute approximate surface area is 186 Å².